The van der Waals surface area contributed by atoms with Crippen LogP contribution in [0.3, 0.4) is 0 Å². The molecule has 6 heteroatoms. The van der Waals surface area contributed by atoms with Crippen LogP contribution in [-0.2, 0) is 17.9 Å². The van der Waals surface area contributed by atoms with Crippen LogP contribution in [0, 0.1) is 0 Å². The molecule has 0 saturated heterocycles. The zero-order valence-electron chi connectivity index (χ0n) is 16.1. The third kappa shape index (κ3) is 4.17. The zero-order chi connectivity index (χ0) is 20.2. The molecule has 4 rings (SSSR count). The van der Waals surface area contributed by atoms with Crippen molar-refractivity contribution in [2.75, 3.05) is 7.11 Å². The van der Waals surface area contributed by atoms with Crippen molar-refractivity contribution in [3.05, 3.63) is 87.6 Å². The molecule has 0 fully saturated rings. The maximum atomic E-state index is 13.0. The molecular weight excluding hydrogens is 384 g/mol. The molecule has 2 amide bonds. The van der Waals surface area contributed by atoms with Crippen molar-refractivity contribution in [2.45, 2.75) is 25.6 Å². The monoisotopic (exact) mass is 406 g/mol. The van der Waals surface area contributed by atoms with Gasteiger partial charge in [-0.2, -0.15) is 0 Å². The molecule has 148 valence electrons. The number of benzene rings is 2. The van der Waals surface area contributed by atoms with Gasteiger partial charge in [0, 0.05) is 17.0 Å². The summed E-state index contributed by atoms with van der Waals surface area (Å²) >= 11 is 1.61. The third-order valence-electron chi connectivity index (χ3n) is 5.14. The number of carbonyl (C=O) groups excluding carboxylic acids is 2. The van der Waals surface area contributed by atoms with Crippen LogP contribution in [0.5, 0.6) is 5.75 Å². The molecule has 1 aromatic heterocycles. The fourth-order valence-corrected chi connectivity index (χ4v) is 4.25. The van der Waals surface area contributed by atoms with Gasteiger partial charge in [0.1, 0.15) is 5.75 Å². The summed E-state index contributed by atoms with van der Waals surface area (Å²) in [6, 6.07) is 18.8. The largest absolute Gasteiger partial charge is 0.497 e. The first-order valence-electron chi connectivity index (χ1n) is 9.47. The van der Waals surface area contributed by atoms with E-state index in [2.05, 4.69) is 5.32 Å². The highest BCUT2D eigenvalue weighted by molar-refractivity contribution is 7.09. The van der Waals surface area contributed by atoms with Gasteiger partial charge in [-0.15, -0.1) is 11.3 Å². The van der Waals surface area contributed by atoms with E-state index in [1.54, 1.807) is 23.3 Å². The van der Waals surface area contributed by atoms with E-state index in [9.17, 15) is 9.59 Å². The van der Waals surface area contributed by atoms with Crippen LogP contribution < -0.4 is 10.1 Å². The molecule has 1 aliphatic rings. The second-order valence-electron chi connectivity index (χ2n) is 6.94. The highest BCUT2D eigenvalue weighted by Crippen LogP contribution is 2.34. The van der Waals surface area contributed by atoms with Gasteiger partial charge in [0.05, 0.1) is 26.1 Å². The maximum absolute atomic E-state index is 13.0. The average molecular weight is 407 g/mol. The summed E-state index contributed by atoms with van der Waals surface area (Å²) in [6.45, 7) is 1.00. The second kappa shape index (κ2) is 8.49. The summed E-state index contributed by atoms with van der Waals surface area (Å²) in [5.41, 5.74) is 2.62. The van der Waals surface area contributed by atoms with Gasteiger partial charge in [0.25, 0.3) is 5.91 Å². The van der Waals surface area contributed by atoms with Crippen molar-refractivity contribution >= 4 is 23.2 Å². The Bertz CT molecular complexity index is 999. The minimum atomic E-state index is -0.343. The molecule has 0 radical (unpaired) electrons. The zero-order valence-corrected chi connectivity index (χ0v) is 16.9. The fourth-order valence-electron chi connectivity index (χ4n) is 3.61. The average Bonchev–Trinajstić information content (AvgIpc) is 3.39. The quantitative estimate of drug-likeness (QED) is 0.641. The predicted octanol–water partition coefficient (Wildman–Crippen LogP) is 4.16. The molecule has 0 spiro atoms. The first-order chi connectivity index (χ1) is 14.2. The van der Waals surface area contributed by atoms with Crippen molar-refractivity contribution in [3.8, 4) is 5.75 Å². The first kappa shape index (κ1) is 19.2. The Hall–Kier alpha value is -3.12. The number of hydrogen-bond acceptors (Lipinski definition) is 4. The van der Waals surface area contributed by atoms with Gasteiger partial charge in [-0.25, -0.2) is 0 Å². The molecule has 29 heavy (non-hydrogen) atoms. The van der Waals surface area contributed by atoms with Gasteiger partial charge in [0.15, 0.2) is 0 Å². The minimum absolute atomic E-state index is 0.0347. The molecule has 1 aliphatic heterocycles. The van der Waals surface area contributed by atoms with Gasteiger partial charge < -0.3 is 15.0 Å². The lowest BCUT2D eigenvalue weighted by Crippen LogP contribution is -2.34. The number of ether oxygens (including phenoxy) is 1. The Balaban J connectivity index is 1.56. The van der Waals surface area contributed by atoms with Crippen LogP contribution in [0.25, 0.3) is 0 Å². The number of fused-ring (bicyclic) bond motifs is 1. The lowest BCUT2D eigenvalue weighted by Gasteiger charge is -2.28. The van der Waals surface area contributed by atoms with E-state index in [1.165, 1.54) is 0 Å². The Kier molecular flexibility index (Phi) is 5.62. The molecule has 5 nitrogen and oxygen atoms in total. The summed E-state index contributed by atoms with van der Waals surface area (Å²) in [7, 11) is 1.62. The summed E-state index contributed by atoms with van der Waals surface area (Å²) in [5, 5.41) is 4.96. The maximum Gasteiger partial charge on any atom is 0.255 e. The number of nitrogens with one attached hydrogen (secondary N) is 1. The molecule has 3 aromatic rings. The Morgan fingerprint density at radius 3 is 2.62 bits per heavy atom. The van der Waals surface area contributed by atoms with Crippen LogP contribution in [0.4, 0.5) is 0 Å². The second-order valence-corrected chi connectivity index (χ2v) is 7.97. The van der Waals surface area contributed by atoms with Gasteiger partial charge in [-0.1, -0.05) is 36.4 Å². The van der Waals surface area contributed by atoms with Gasteiger partial charge in [-0.05, 0) is 40.8 Å². The molecule has 0 bridgehead atoms. The lowest BCUT2D eigenvalue weighted by atomic mass is 10.0. The van der Waals surface area contributed by atoms with Crippen LogP contribution in [0.2, 0.25) is 0 Å². The van der Waals surface area contributed by atoms with E-state index in [4.69, 9.17) is 4.74 Å². The van der Waals surface area contributed by atoms with E-state index < -0.39 is 0 Å². The smallest absolute Gasteiger partial charge is 0.255 e. The van der Waals surface area contributed by atoms with E-state index in [-0.39, 0.29) is 24.3 Å². The molecule has 1 atom stereocenters. The van der Waals surface area contributed by atoms with Crippen LogP contribution in [0.15, 0.2) is 66.0 Å². The highest BCUT2D eigenvalue weighted by atomic mass is 32.1. The molecule has 0 aliphatic carbocycles. The molecule has 1 N–H and O–H groups in total. The number of methoxy groups -OCH3 is 1. The van der Waals surface area contributed by atoms with Gasteiger partial charge in [-0.3, -0.25) is 9.59 Å². The summed E-state index contributed by atoms with van der Waals surface area (Å²) in [6.07, 6.45) is 0.206. The number of rotatable bonds is 7. The van der Waals surface area contributed by atoms with Gasteiger partial charge in [0.2, 0.25) is 5.91 Å². The fraction of sp³-hybridized carbons (Fsp3) is 0.217. The van der Waals surface area contributed by atoms with Crippen LogP contribution >= 0.6 is 11.3 Å². The van der Waals surface area contributed by atoms with Gasteiger partial charge >= 0.3 is 0 Å². The summed E-state index contributed by atoms with van der Waals surface area (Å²) in [4.78, 5) is 28.6. The van der Waals surface area contributed by atoms with E-state index in [0.29, 0.717) is 18.7 Å². The van der Waals surface area contributed by atoms with Crippen molar-refractivity contribution in [1.29, 1.82) is 0 Å². The van der Waals surface area contributed by atoms with E-state index in [0.717, 1.165) is 21.8 Å². The Morgan fingerprint density at radius 2 is 1.93 bits per heavy atom. The Labute approximate surface area is 173 Å². The lowest BCUT2D eigenvalue weighted by molar-refractivity contribution is -0.122. The molecular formula is C23H22N2O3S. The topological polar surface area (TPSA) is 58.6 Å². The van der Waals surface area contributed by atoms with Crippen molar-refractivity contribution in [2.24, 2.45) is 0 Å². The van der Waals surface area contributed by atoms with E-state index in [1.807, 2.05) is 66.0 Å². The number of carbonyl (C=O) groups is 2. The van der Waals surface area contributed by atoms with Crippen LogP contribution in [0.1, 0.15) is 38.8 Å². The third-order valence-corrected chi connectivity index (χ3v) is 6.02. The standard InChI is InChI=1S/C23H22N2O3S/c1-28-18-10-8-16(9-11-18)21(13-22(26)24-14-19-6-4-12-29-19)25-15-17-5-2-3-7-20(17)23(25)27/h2-12,21H,13-15H2,1H3,(H,24,26). The SMILES string of the molecule is COc1ccc(C(CC(=O)NCc2cccs2)N2Cc3ccccc3C2=O)cc1. The molecule has 2 heterocycles. The summed E-state index contributed by atoms with van der Waals surface area (Å²) in [5.74, 6) is 0.626. The van der Waals surface area contributed by atoms with Crippen LogP contribution in [-0.4, -0.2) is 23.8 Å². The first-order valence-corrected chi connectivity index (χ1v) is 10.4. The van der Waals surface area contributed by atoms with Crippen molar-refractivity contribution < 1.29 is 14.3 Å². The highest BCUT2D eigenvalue weighted by Gasteiger charge is 2.34. The number of thiophene rings is 1. The van der Waals surface area contributed by atoms with Crippen molar-refractivity contribution in [1.82, 2.24) is 10.2 Å². The molecule has 0 saturated carbocycles. The van der Waals surface area contributed by atoms with Crippen molar-refractivity contribution in [3.63, 3.8) is 0 Å². The minimum Gasteiger partial charge on any atom is -0.497 e. The number of amides is 2. The number of nitrogens with zero attached hydrogens (tertiary/aromatic N) is 1. The normalized spacial score (nSPS) is 13.8. The van der Waals surface area contributed by atoms with E-state index >= 15 is 0 Å². The predicted molar refractivity (Wildman–Crippen MR) is 113 cm³/mol. The molecule has 1 unspecified atom stereocenters. The number of hydrogen-bond donors (Lipinski definition) is 1. The molecule has 2 aromatic carbocycles. The summed E-state index contributed by atoms with van der Waals surface area (Å²) < 4.78 is 5.25. The Morgan fingerprint density at radius 1 is 1.14 bits per heavy atom.